The molecule has 3 N–H and O–H groups in total. The van der Waals surface area contributed by atoms with Crippen LogP contribution < -0.4 is 5.32 Å². The number of carboxylic acids is 2. The lowest BCUT2D eigenvalue weighted by molar-refractivity contribution is -0.271. The van der Waals surface area contributed by atoms with Crippen LogP contribution in [0.25, 0.3) is 0 Å². The number of nitrogens with one attached hydrogen (secondary N) is 1. The number of carbonyl (C=O) groups is 3. The van der Waals surface area contributed by atoms with Crippen LogP contribution >= 0.6 is 0 Å². The largest absolute Gasteiger partial charge is 0.480 e. The van der Waals surface area contributed by atoms with Crippen molar-refractivity contribution in [1.82, 2.24) is 5.32 Å². The Bertz CT molecular complexity index is 693. The van der Waals surface area contributed by atoms with Crippen molar-refractivity contribution in [1.29, 1.82) is 0 Å². The van der Waals surface area contributed by atoms with Crippen molar-refractivity contribution in [3.05, 3.63) is 35.4 Å². The molecule has 1 aliphatic heterocycles. The van der Waals surface area contributed by atoms with Crippen molar-refractivity contribution in [2.24, 2.45) is 5.92 Å². The lowest BCUT2D eigenvalue weighted by Gasteiger charge is -2.34. The van der Waals surface area contributed by atoms with Crippen molar-refractivity contribution < 1.29 is 34.1 Å². The van der Waals surface area contributed by atoms with E-state index in [9.17, 15) is 19.5 Å². The van der Waals surface area contributed by atoms with Gasteiger partial charge in [-0.05, 0) is 31.9 Å². The Balaban J connectivity index is 1.73. The van der Waals surface area contributed by atoms with Gasteiger partial charge in [-0.15, -0.1) is 0 Å². The third kappa shape index (κ3) is 6.03. The number of aryl methyl sites for hydroxylation is 1. The summed E-state index contributed by atoms with van der Waals surface area (Å²) < 4.78 is 10.6. The van der Waals surface area contributed by atoms with Crippen molar-refractivity contribution in [3.8, 4) is 0 Å². The highest BCUT2D eigenvalue weighted by Crippen LogP contribution is 2.24. The highest BCUT2D eigenvalue weighted by Gasteiger charge is 2.40. The normalized spacial score (nSPS) is 23.0. The quantitative estimate of drug-likeness (QED) is 0.550. The van der Waals surface area contributed by atoms with E-state index in [-0.39, 0.29) is 19.1 Å². The summed E-state index contributed by atoms with van der Waals surface area (Å²) in [6.07, 6.45) is 2.38. The fourth-order valence-electron chi connectivity index (χ4n) is 2.92. The van der Waals surface area contributed by atoms with Gasteiger partial charge in [0.1, 0.15) is 6.04 Å². The highest BCUT2D eigenvalue weighted by molar-refractivity contribution is 5.96. The molecule has 0 spiro atoms. The van der Waals surface area contributed by atoms with Gasteiger partial charge in [0.25, 0.3) is 11.7 Å². The van der Waals surface area contributed by atoms with Crippen LogP contribution in [0, 0.1) is 12.8 Å². The Labute approximate surface area is 163 Å². The van der Waals surface area contributed by atoms with Gasteiger partial charge >= 0.3 is 11.9 Å². The smallest absolute Gasteiger partial charge is 0.364 e. The lowest BCUT2D eigenvalue weighted by Crippen LogP contribution is -2.47. The van der Waals surface area contributed by atoms with Crippen LogP contribution in [0.3, 0.4) is 0 Å². The van der Waals surface area contributed by atoms with Gasteiger partial charge in [-0.2, -0.15) is 0 Å². The third-order valence-electron chi connectivity index (χ3n) is 4.85. The van der Waals surface area contributed by atoms with E-state index < -0.39 is 29.7 Å². The molecule has 28 heavy (non-hydrogen) atoms. The van der Waals surface area contributed by atoms with Crippen LogP contribution in [-0.2, 0) is 19.1 Å². The van der Waals surface area contributed by atoms with Gasteiger partial charge in [0, 0.05) is 18.4 Å². The molecule has 1 aromatic rings. The highest BCUT2D eigenvalue weighted by atomic mass is 16.7. The first kappa shape index (κ1) is 21.8. The van der Waals surface area contributed by atoms with Crippen LogP contribution in [0.15, 0.2) is 24.3 Å². The molecule has 1 amide bonds. The van der Waals surface area contributed by atoms with Crippen molar-refractivity contribution in [3.63, 3.8) is 0 Å². The predicted octanol–water partition coefficient (Wildman–Crippen LogP) is 2.20. The van der Waals surface area contributed by atoms with Crippen LogP contribution in [0.5, 0.6) is 0 Å². The molecule has 2 rings (SSSR count). The first-order chi connectivity index (χ1) is 13.2. The Kier molecular flexibility index (Phi) is 7.53. The Morgan fingerprint density at radius 1 is 1.14 bits per heavy atom. The number of carboxylic acid groups (broad SMARTS) is 2. The third-order valence-corrected chi connectivity index (χ3v) is 4.85. The zero-order valence-corrected chi connectivity index (χ0v) is 16.1. The SMILES string of the molecule is Cc1ccc(C(=O)NC(CCCCC2COC(C)(C(=O)O)OC2)C(=O)O)cc1. The van der Waals surface area contributed by atoms with Crippen molar-refractivity contribution in [2.45, 2.75) is 51.4 Å². The second-order valence-electron chi connectivity index (χ2n) is 7.25. The standard InChI is InChI=1S/C20H27NO7/c1-13-7-9-15(10-8-13)17(22)21-16(18(23)24)6-4-3-5-14-11-27-20(2,19(25)26)28-12-14/h7-10,14,16H,3-6,11-12H2,1-2H3,(H,21,22)(H,23,24)(H,25,26). The maximum Gasteiger partial charge on any atom is 0.364 e. The Morgan fingerprint density at radius 3 is 2.29 bits per heavy atom. The van der Waals surface area contributed by atoms with E-state index in [1.165, 1.54) is 6.92 Å². The number of aliphatic carboxylic acids is 2. The molecule has 0 aliphatic carbocycles. The molecule has 1 aromatic carbocycles. The molecule has 0 radical (unpaired) electrons. The first-order valence-corrected chi connectivity index (χ1v) is 9.33. The average molecular weight is 393 g/mol. The molecular weight excluding hydrogens is 366 g/mol. The Morgan fingerprint density at radius 2 is 1.75 bits per heavy atom. The fraction of sp³-hybridized carbons (Fsp3) is 0.550. The second kappa shape index (κ2) is 9.66. The summed E-state index contributed by atoms with van der Waals surface area (Å²) >= 11 is 0. The van der Waals surface area contributed by atoms with E-state index in [0.29, 0.717) is 18.4 Å². The first-order valence-electron chi connectivity index (χ1n) is 9.33. The molecular formula is C20H27NO7. The summed E-state index contributed by atoms with van der Waals surface area (Å²) in [6.45, 7) is 3.86. The number of rotatable bonds is 9. The van der Waals surface area contributed by atoms with Gasteiger partial charge < -0.3 is 25.0 Å². The van der Waals surface area contributed by atoms with E-state index >= 15 is 0 Å². The summed E-state index contributed by atoms with van der Waals surface area (Å²) in [5.41, 5.74) is 1.44. The second-order valence-corrected chi connectivity index (χ2v) is 7.25. The summed E-state index contributed by atoms with van der Waals surface area (Å²) in [4.78, 5) is 34.7. The zero-order valence-electron chi connectivity index (χ0n) is 16.1. The number of hydrogen-bond donors (Lipinski definition) is 3. The van der Waals surface area contributed by atoms with Gasteiger partial charge in [-0.3, -0.25) is 4.79 Å². The topological polar surface area (TPSA) is 122 Å². The fourth-order valence-corrected chi connectivity index (χ4v) is 2.92. The molecule has 8 heteroatoms. The molecule has 0 aromatic heterocycles. The molecule has 1 aliphatic rings. The number of amides is 1. The molecule has 8 nitrogen and oxygen atoms in total. The van der Waals surface area contributed by atoms with Crippen molar-refractivity contribution in [2.75, 3.05) is 13.2 Å². The zero-order chi connectivity index (χ0) is 20.7. The van der Waals surface area contributed by atoms with Crippen LogP contribution in [0.1, 0.15) is 48.5 Å². The number of ether oxygens (including phenoxy) is 2. The summed E-state index contributed by atoms with van der Waals surface area (Å²) in [7, 11) is 0. The molecule has 1 heterocycles. The molecule has 1 atom stereocenters. The van der Waals surface area contributed by atoms with Gasteiger partial charge in [-0.1, -0.05) is 30.5 Å². The maximum absolute atomic E-state index is 12.2. The molecule has 154 valence electrons. The van der Waals surface area contributed by atoms with Gasteiger partial charge in [0.05, 0.1) is 13.2 Å². The minimum atomic E-state index is -1.59. The summed E-state index contributed by atoms with van der Waals surface area (Å²) in [5, 5.41) is 21.0. The van der Waals surface area contributed by atoms with Gasteiger partial charge in [0.15, 0.2) is 0 Å². The molecule has 1 fully saturated rings. The average Bonchev–Trinajstić information content (AvgIpc) is 2.65. The minimum absolute atomic E-state index is 0.0675. The van der Waals surface area contributed by atoms with E-state index in [1.807, 2.05) is 6.92 Å². The summed E-state index contributed by atoms with van der Waals surface area (Å²) in [5.74, 6) is -4.15. The van der Waals surface area contributed by atoms with Gasteiger partial charge in [-0.25, -0.2) is 9.59 Å². The number of carbonyl (C=O) groups excluding carboxylic acids is 1. The number of unbranched alkanes of at least 4 members (excludes halogenated alkanes) is 1. The van der Waals surface area contributed by atoms with Crippen molar-refractivity contribution >= 4 is 17.8 Å². The monoisotopic (exact) mass is 393 g/mol. The maximum atomic E-state index is 12.2. The molecule has 0 saturated carbocycles. The van der Waals surface area contributed by atoms with E-state index in [1.54, 1.807) is 24.3 Å². The molecule has 0 bridgehead atoms. The molecule has 1 unspecified atom stereocenters. The number of benzene rings is 1. The van der Waals surface area contributed by atoms with Crippen LogP contribution in [0.4, 0.5) is 0 Å². The summed E-state index contributed by atoms with van der Waals surface area (Å²) in [6, 6.07) is 5.97. The van der Waals surface area contributed by atoms with E-state index in [0.717, 1.165) is 18.4 Å². The van der Waals surface area contributed by atoms with Crippen LogP contribution in [-0.4, -0.2) is 53.1 Å². The van der Waals surface area contributed by atoms with Crippen LogP contribution in [0.2, 0.25) is 0 Å². The molecule has 1 saturated heterocycles. The number of hydrogen-bond acceptors (Lipinski definition) is 5. The van der Waals surface area contributed by atoms with E-state index in [4.69, 9.17) is 14.6 Å². The minimum Gasteiger partial charge on any atom is -0.480 e. The lowest BCUT2D eigenvalue weighted by atomic mass is 9.99. The Hall–Kier alpha value is -2.45. The van der Waals surface area contributed by atoms with Gasteiger partial charge in [0.2, 0.25) is 0 Å². The predicted molar refractivity (Wildman–Crippen MR) is 100.0 cm³/mol. The van der Waals surface area contributed by atoms with E-state index in [2.05, 4.69) is 5.32 Å².